The highest BCUT2D eigenvalue weighted by Crippen LogP contribution is 2.14. The Kier molecular flexibility index (Phi) is 5.21. The van der Waals surface area contributed by atoms with Crippen molar-refractivity contribution in [2.24, 2.45) is 0 Å². The fourth-order valence-electron chi connectivity index (χ4n) is 1.37. The molecule has 0 aliphatic rings. The van der Waals surface area contributed by atoms with Crippen LogP contribution in [0.25, 0.3) is 0 Å². The molecule has 0 aromatic heterocycles. The van der Waals surface area contributed by atoms with Gasteiger partial charge in [0.15, 0.2) is 0 Å². The maximum Gasteiger partial charge on any atom is 0.269 e. The molecule has 1 rings (SSSR count). The molecule has 0 fully saturated rings. The second-order valence-corrected chi connectivity index (χ2v) is 6.66. The molecule has 0 saturated carbocycles. The van der Waals surface area contributed by atoms with E-state index in [0.717, 1.165) is 0 Å². The Labute approximate surface area is 117 Å². The van der Waals surface area contributed by atoms with Crippen molar-refractivity contribution in [3.05, 3.63) is 39.9 Å². The highest BCUT2D eigenvalue weighted by molar-refractivity contribution is 7.88. The van der Waals surface area contributed by atoms with Gasteiger partial charge < -0.3 is 5.11 Å². The summed E-state index contributed by atoms with van der Waals surface area (Å²) in [6, 6.07) is 5.31. The van der Waals surface area contributed by atoms with Crippen molar-refractivity contribution in [1.29, 1.82) is 0 Å². The van der Waals surface area contributed by atoms with Crippen LogP contribution in [-0.4, -0.2) is 30.6 Å². The summed E-state index contributed by atoms with van der Waals surface area (Å²) in [5.74, 6) is -0.287. The van der Waals surface area contributed by atoms with Crippen molar-refractivity contribution < 1.29 is 18.4 Å². The van der Waals surface area contributed by atoms with Crippen LogP contribution < -0.4 is 4.72 Å². The minimum Gasteiger partial charge on any atom is -0.389 e. The van der Waals surface area contributed by atoms with Crippen molar-refractivity contribution in [3.8, 4) is 0 Å². The van der Waals surface area contributed by atoms with Crippen LogP contribution in [0, 0.1) is 10.1 Å². The van der Waals surface area contributed by atoms with Gasteiger partial charge >= 0.3 is 0 Å². The molecule has 0 radical (unpaired) electrons. The Bertz CT molecular complexity index is 566. The second-order valence-electron chi connectivity index (χ2n) is 4.85. The smallest absolute Gasteiger partial charge is 0.269 e. The van der Waals surface area contributed by atoms with Gasteiger partial charge in [0, 0.05) is 18.7 Å². The number of nitro groups is 1. The molecule has 0 aliphatic heterocycles. The maximum absolute atomic E-state index is 11.8. The molecule has 112 valence electrons. The van der Waals surface area contributed by atoms with Crippen molar-refractivity contribution >= 4 is 15.7 Å². The fourth-order valence-corrected chi connectivity index (χ4v) is 2.64. The van der Waals surface area contributed by atoms with E-state index in [4.69, 9.17) is 0 Å². The van der Waals surface area contributed by atoms with E-state index in [1.807, 2.05) is 0 Å². The van der Waals surface area contributed by atoms with E-state index in [2.05, 4.69) is 4.72 Å². The van der Waals surface area contributed by atoms with Gasteiger partial charge in [0.05, 0.1) is 16.3 Å². The lowest BCUT2D eigenvalue weighted by Gasteiger charge is -2.21. The predicted octanol–water partition coefficient (Wildman–Crippen LogP) is 1.18. The van der Waals surface area contributed by atoms with Gasteiger partial charge in [-0.2, -0.15) is 0 Å². The first kappa shape index (κ1) is 16.5. The summed E-state index contributed by atoms with van der Waals surface area (Å²) in [5.41, 5.74) is -0.741. The Balaban J connectivity index is 2.69. The monoisotopic (exact) mass is 302 g/mol. The zero-order valence-electron chi connectivity index (χ0n) is 11.4. The third kappa shape index (κ3) is 5.24. The van der Waals surface area contributed by atoms with Gasteiger partial charge in [-0.05, 0) is 18.9 Å². The quantitative estimate of drug-likeness (QED) is 0.580. The first-order valence-corrected chi connectivity index (χ1v) is 7.73. The lowest BCUT2D eigenvalue weighted by molar-refractivity contribution is -0.384. The van der Waals surface area contributed by atoms with E-state index in [-0.39, 0.29) is 18.0 Å². The zero-order valence-corrected chi connectivity index (χ0v) is 12.2. The van der Waals surface area contributed by atoms with Gasteiger partial charge in [0.25, 0.3) is 5.69 Å². The number of sulfonamides is 1. The summed E-state index contributed by atoms with van der Waals surface area (Å²) in [4.78, 5) is 9.94. The molecule has 8 heteroatoms. The number of hydrogen-bond acceptors (Lipinski definition) is 5. The summed E-state index contributed by atoms with van der Waals surface area (Å²) < 4.78 is 26.0. The normalized spacial score (nSPS) is 14.8. The van der Waals surface area contributed by atoms with Crippen molar-refractivity contribution in [2.45, 2.75) is 31.6 Å². The zero-order chi connectivity index (χ0) is 15.4. The molecule has 0 saturated heterocycles. The molecular formula is C12H18N2O5S. The highest BCUT2D eigenvalue weighted by Gasteiger charge is 2.21. The summed E-state index contributed by atoms with van der Waals surface area (Å²) in [7, 11) is -3.59. The summed E-state index contributed by atoms with van der Waals surface area (Å²) >= 11 is 0. The molecule has 0 amide bonds. The molecule has 1 unspecified atom stereocenters. The van der Waals surface area contributed by atoms with Gasteiger partial charge in [-0.3, -0.25) is 10.1 Å². The molecule has 7 nitrogen and oxygen atoms in total. The van der Waals surface area contributed by atoms with E-state index < -0.39 is 20.5 Å². The molecule has 2 N–H and O–H groups in total. The van der Waals surface area contributed by atoms with E-state index in [1.165, 1.54) is 24.3 Å². The number of nitrogens with zero attached hydrogens (tertiary/aromatic N) is 1. The van der Waals surface area contributed by atoms with Gasteiger partial charge in [0.2, 0.25) is 10.0 Å². The van der Waals surface area contributed by atoms with E-state index >= 15 is 0 Å². The Morgan fingerprint density at radius 3 is 2.35 bits per heavy atom. The minimum absolute atomic E-state index is 0.0706. The summed E-state index contributed by atoms with van der Waals surface area (Å²) in [6.45, 7) is 3.23. The summed E-state index contributed by atoms with van der Waals surface area (Å²) in [6.07, 6.45) is 0.424. The Morgan fingerprint density at radius 1 is 1.35 bits per heavy atom. The van der Waals surface area contributed by atoms with Crippen molar-refractivity contribution in [3.63, 3.8) is 0 Å². The second kappa shape index (κ2) is 6.29. The number of rotatable bonds is 7. The van der Waals surface area contributed by atoms with Crippen molar-refractivity contribution in [1.82, 2.24) is 4.72 Å². The van der Waals surface area contributed by atoms with Gasteiger partial charge in [0.1, 0.15) is 0 Å². The molecular weight excluding hydrogens is 284 g/mol. The first-order chi connectivity index (χ1) is 9.15. The highest BCUT2D eigenvalue weighted by atomic mass is 32.2. The lowest BCUT2D eigenvalue weighted by Crippen LogP contribution is -2.40. The largest absolute Gasteiger partial charge is 0.389 e. The van der Waals surface area contributed by atoms with E-state index in [9.17, 15) is 23.6 Å². The Morgan fingerprint density at radius 2 is 1.90 bits per heavy atom. The fraction of sp³-hybridized carbons (Fsp3) is 0.500. The molecule has 1 atom stereocenters. The Hall–Kier alpha value is -1.51. The maximum atomic E-state index is 11.8. The number of benzene rings is 1. The lowest BCUT2D eigenvalue weighted by atomic mass is 10.1. The number of nitro benzene ring substituents is 1. The van der Waals surface area contributed by atoms with Crippen LogP contribution in [0.5, 0.6) is 0 Å². The third-order valence-electron chi connectivity index (χ3n) is 2.94. The molecule has 0 aliphatic carbocycles. The van der Waals surface area contributed by atoms with Gasteiger partial charge in [-0.15, -0.1) is 0 Å². The number of nitrogens with one attached hydrogen (secondary N) is 1. The van der Waals surface area contributed by atoms with Gasteiger partial charge in [-0.25, -0.2) is 13.1 Å². The molecule has 20 heavy (non-hydrogen) atoms. The number of aliphatic hydroxyl groups is 1. The van der Waals surface area contributed by atoms with Crippen LogP contribution in [0.15, 0.2) is 24.3 Å². The standard InChI is InChI=1S/C12H18N2O5S/c1-3-12(2,15)9-13-20(18,19)8-10-4-6-11(7-5-10)14(16)17/h4-7,13,15H,3,8-9H2,1-2H3. The van der Waals surface area contributed by atoms with Crippen LogP contribution in [0.1, 0.15) is 25.8 Å². The van der Waals surface area contributed by atoms with Crippen LogP contribution in [-0.2, 0) is 15.8 Å². The average Bonchev–Trinajstić information content (AvgIpc) is 2.37. The van der Waals surface area contributed by atoms with Gasteiger partial charge in [-0.1, -0.05) is 19.1 Å². The minimum atomic E-state index is -3.59. The van der Waals surface area contributed by atoms with E-state index in [1.54, 1.807) is 13.8 Å². The van der Waals surface area contributed by atoms with Crippen molar-refractivity contribution in [2.75, 3.05) is 6.54 Å². The van der Waals surface area contributed by atoms with E-state index in [0.29, 0.717) is 12.0 Å². The third-order valence-corrected chi connectivity index (χ3v) is 4.24. The number of hydrogen-bond donors (Lipinski definition) is 2. The molecule has 1 aromatic rings. The molecule has 0 spiro atoms. The van der Waals surface area contributed by atoms with Crippen LogP contribution >= 0.6 is 0 Å². The topological polar surface area (TPSA) is 110 Å². The SMILES string of the molecule is CCC(C)(O)CNS(=O)(=O)Cc1ccc([N+](=O)[O-])cc1. The van der Waals surface area contributed by atoms with Crippen LogP contribution in [0.3, 0.4) is 0 Å². The summed E-state index contributed by atoms with van der Waals surface area (Å²) in [5, 5.41) is 20.2. The van der Waals surface area contributed by atoms with Crippen LogP contribution in [0.2, 0.25) is 0 Å². The molecule has 0 heterocycles. The molecule has 0 bridgehead atoms. The molecule has 1 aromatic carbocycles. The first-order valence-electron chi connectivity index (χ1n) is 6.08. The predicted molar refractivity (Wildman–Crippen MR) is 74.6 cm³/mol. The van der Waals surface area contributed by atoms with Crippen LogP contribution in [0.4, 0.5) is 5.69 Å². The average molecular weight is 302 g/mol. The number of non-ortho nitro benzene ring substituents is 1.